The summed E-state index contributed by atoms with van der Waals surface area (Å²) >= 11 is 1.000. The number of amides is 1. The van der Waals surface area contributed by atoms with E-state index in [1.165, 1.54) is 0 Å². The summed E-state index contributed by atoms with van der Waals surface area (Å²) in [5.74, 6) is 0.244. The molecule has 0 radical (unpaired) electrons. The largest absolute Gasteiger partial charge is 0.444 e. The van der Waals surface area contributed by atoms with Gasteiger partial charge in [0.2, 0.25) is 16.3 Å². The van der Waals surface area contributed by atoms with E-state index in [0.29, 0.717) is 17.6 Å². The molecule has 1 saturated carbocycles. The van der Waals surface area contributed by atoms with Crippen LogP contribution in [0.2, 0.25) is 4.78 Å². The Hall–Kier alpha value is -0.528. The molecule has 0 aromatic carbocycles. The predicted molar refractivity (Wildman–Crippen MR) is 64.3 cm³/mol. The number of rotatable bonds is 1. The minimum Gasteiger partial charge on any atom is -0.444 e. The molecule has 1 aliphatic carbocycles. The van der Waals surface area contributed by atoms with E-state index in [4.69, 9.17) is 4.74 Å². The van der Waals surface area contributed by atoms with Gasteiger partial charge in [-0.15, -0.1) is 0 Å². The molecule has 0 aromatic heterocycles. The van der Waals surface area contributed by atoms with Crippen LogP contribution in [0.25, 0.3) is 0 Å². The second-order valence-electron chi connectivity index (χ2n) is 5.51. The summed E-state index contributed by atoms with van der Waals surface area (Å²) in [7, 11) is 0. The zero-order valence-corrected chi connectivity index (χ0v) is 12.5. The molecule has 1 N–H and O–H groups in total. The van der Waals surface area contributed by atoms with Gasteiger partial charge in [0.15, 0.2) is 0 Å². The fourth-order valence-corrected chi connectivity index (χ4v) is 2.48. The van der Waals surface area contributed by atoms with Crippen molar-refractivity contribution in [2.75, 3.05) is 0 Å². The van der Waals surface area contributed by atoms with Crippen LogP contribution >= 0.6 is 0 Å². The Kier molecular flexibility index (Phi) is 4.40. The number of hydrogen-bond donors (Lipinski definition) is 1. The van der Waals surface area contributed by atoms with Crippen molar-refractivity contribution in [1.29, 1.82) is 0 Å². The highest BCUT2D eigenvalue weighted by Gasteiger charge is 2.28. The third-order valence-electron chi connectivity index (χ3n) is 2.72. The summed E-state index contributed by atoms with van der Waals surface area (Å²) in [4.78, 5) is 22.9. The average molecular weight is 241 g/mol. The Balaban J connectivity index is 2.46. The van der Waals surface area contributed by atoms with E-state index in [9.17, 15) is 9.59 Å². The van der Waals surface area contributed by atoms with Crippen molar-refractivity contribution in [3.8, 4) is 0 Å². The van der Waals surface area contributed by atoms with Gasteiger partial charge in [-0.3, -0.25) is 4.79 Å². The van der Waals surface area contributed by atoms with Gasteiger partial charge in [-0.25, -0.2) is 4.79 Å². The molecule has 2 atom stereocenters. The highest BCUT2D eigenvalue weighted by atomic mass is 27.0. The lowest BCUT2D eigenvalue weighted by Gasteiger charge is -2.30. The van der Waals surface area contributed by atoms with Crippen LogP contribution < -0.4 is 5.32 Å². The number of alkyl carbamates (subject to hydrolysis) is 1. The van der Waals surface area contributed by atoms with Crippen LogP contribution in [0.3, 0.4) is 0 Å². The first-order valence-electron chi connectivity index (χ1n) is 5.79. The second kappa shape index (κ2) is 5.20. The fraction of sp³-hybridized carbons (Fsp3) is 0.818. The van der Waals surface area contributed by atoms with Gasteiger partial charge in [0.1, 0.15) is 11.4 Å². The topological polar surface area (TPSA) is 55.4 Å². The van der Waals surface area contributed by atoms with Crippen LogP contribution in [-0.2, 0) is 9.53 Å². The summed E-state index contributed by atoms with van der Waals surface area (Å²) < 4.78 is 5.66. The average Bonchev–Trinajstić information content (AvgIpc) is 2.08. The number of ether oxygens (including phenoxy) is 1. The Morgan fingerprint density at radius 3 is 2.69 bits per heavy atom. The maximum Gasteiger partial charge on any atom is 0.407 e. The Labute approximate surface area is 105 Å². The number of ketones is 1. The molecule has 5 heteroatoms. The fourth-order valence-electron chi connectivity index (χ4n) is 1.79. The number of carbonyl (C=O) groups is 2. The van der Waals surface area contributed by atoms with Gasteiger partial charge in [-0.1, -0.05) is 11.2 Å². The molecule has 0 saturated heterocycles. The first-order valence-corrected chi connectivity index (χ1v) is 6.94. The molecule has 1 fully saturated rings. The van der Waals surface area contributed by atoms with Crippen molar-refractivity contribution in [3.63, 3.8) is 0 Å². The molecule has 1 aliphatic rings. The van der Waals surface area contributed by atoms with Gasteiger partial charge in [-0.2, -0.15) is 0 Å². The zero-order valence-electron chi connectivity index (χ0n) is 10.5. The van der Waals surface area contributed by atoms with Crippen LogP contribution in [0.15, 0.2) is 0 Å². The molecule has 16 heavy (non-hydrogen) atoms. The SMILES string of the molecule is CC(C)(C)OC(=O)NC1CC(=O)CC[CH]1[AlH2]. The van der Waals surface area contributed by atoms with E-state index in [2.05, 4.69) is 5.32 Å². The van der Waals surface area contributed by atoms with Crippen molar-refractivity contribution in [2.24, 2.45) is 0 Å². The molecule has 0 aliphatic heterocycles. The first-order chi connectivity index (χ1) is 7.28. The molecular formula is C11H20AlNO3. The molecule has 90 valence electrons. The highest BCUT2D eigenvalue weighted by molar-refractivity contribution is 6.13. The van der Waals surface area contributed by atoms with Gasteiger partial charge in [0.05, 0.1) is 0 Å². The molecule has 0 heterocycles. The summed E-state index contributed by atoms with van der Waals surface area (Å²) in [6.07, 6.45) is 1.63. The van der Waals surface area contributed by atoms with Crippen molar-refractivity contribution < 1.29 is 14.3 Å². The Morgan fingerprint density at radius 2 is 2.12 bits per heavy atom. The minimum atomic E-state index is -0.483. The number of Topliss-reactive ketones (excluding diaryl/α,β-unsaturated/α-hetero) is 1. The third-order valence-corrected chi connectivity index (χ3v) is 4.10. The van der Waals surface area contributed by atoms with Gasteiger partial charge < -0.3 is 10.1 Å². The van der Waals surface area contributed by atoms with E-state index >= 15 is 0 Å². The maximum atomic E-state index is 11.5. The Bertz CT molecular complexity index is 285. The zero-order chi connectivity index (χ0) is 12.3. The highest BCUT2D eigenvalue weighted by Crippen LogP contribution is 2.24. The molecule has 4 nitrogen and oxygen atoms in total. The minimum absolute atomic E-state index is 0.0113. The summed E-state index contributed by atoms with van der Waals surface area (Å²) in [6, 6.07) is -0.0113. The molecular weight excluding hydrogens is 221 g/mol. The van der Waals surface area contributed by atoms with E-state index in [1.807, 2.05) is 20.8 Å². The lowest BCUT2D eigenvalue weighted by atomic mass is 9.93. The molecule has 1 rings (SSSR count). The van der Waals surface area contributed by atoms with Gasteiger partial charge in [0.25, 0.3) is 0 Å². The van der Waals surface area contributed by atoms with Crippen molar-refractivity contribution in [3.05, 3.63) is 0 Å². The van der Waals surface area contributed by atoms with E-state index in [1.54, 1.807) is 0 Å². The van der Waals surface area contributed by atoms with Crippen LogP contribution in [0.4, 0.5) is 4.79 Å². The summed E-state index contributed by atoms with van der Waals surface area (Å²) in [5, 5.41) is 2.81. The summed E-state index contributed by atoms with van der Waals surface area (Å²) in [5.41, 5.74) is -0.483. The van der Waals surface area contributed by atoms with Gasteiger partial charge in [-0.05, 0) is 20.8 Å². The van der Waals surface area contributed by atoms with E-state index in [0.717, 1.165) is 22.7 Å². The number of carbonyl (C=O) groups excluding carboxylic acids is 2. The number of hydrogen-bond acceptors (Lipinski definition) is 3. The van der Waals surface area contributed by atoms with Crippen LogP contribution in [0.5, 0.6) is 0 Å². The molecule has 1 amide bonds. The monoisotopic (exact) mass is 241 g/mol. The normalized spacial score (nSPS) is 26.3. The third kappa shape index (κ3) is 4.55. The quantitative estimate of drug-likeness (QED) is 0.698. The lowest BCUT2D eigenvalue weighted by molar-refractivity contribution is -0.120. The smallest absolute Gasteiger partial charge is 0.407 e. The summed E-state index contributed by atoms with van der Waals surface area (Å²) in [6.45, 7) is 5.49. The number of nitrogens with one attached hydrogen (secondary N) is 1. The standard InChI is InChI=1S/C11H18NO3.Al.2H/c1-11(2,3)15-10(14)12-8-5-4-6-9(13)7-8;;;/h5,8H,4,6-7H2,1-3H3,(H,12,14);;;. The van der Waals surface area contributed by atoms with Crippen LogP contribution in [-0.4, -0.2) is 39.8 Å². The van der Waals surface area contributed by atoms with Gasteiger partial charge >= 0.3 is 6.09 Å². The van der Waals surface area contributed by atoms with E-state index < -0.39 is 11.7 Å². The van der Waals surface area contributed by atoms with E-state index in [-0.39, 0.29) is 11.8 Å². The van der Waals surface area contributed by atoms with Crippen molar-refractivity contribution in [2.45, 2.75) is 56.5 Å². The van der Waals surface area contributed by atoms with Crippen LogP contribution in [0, 0.1) is 0 Å². The van der Waals surface area contributed by atoms with Crippen molar-refractivity contribution in [1.82, 2.24) is 5.32 Å². The first kappa shape index (κ1) is 13.5. The van der Waals surface area contributed by atoms with Crippen LogP contribution in [0.1, 0.15) is 40.0 Å². The van der Waals surface area contributed by atoms with Crippen molar-refractivity contribution >= 4 is 28.2 Å². The molecule has 2 unspecified atom stereocenters. The Morgan fingerprint density at radius 1 is 1.50 bits per heavy atom. The molecule has 0 spiro atoms. The maximum absolute atomic E-state index is 11.5. The molecule has 0 bridgehead atoms. The lowest BCUT2D eigenvalue weighted by Crippen LogP contribution is -2.44. The molecule has 0 aromatic rings. The predicted octanol–water partition coefficient (Wildman–Crippen LogP) is 1.05. The van der Waals surface area contributed by atoms with Gasteiger partial charge in [0, 0.05) is 18.9 Å². The second-order valence-corrected chi connectivity index (χ2v) is 6.99.